The van der Waals surface area contributed by atoms with Crippen molar-refractivity contribution >= 4 is 11.6 Å². The van der Waals surface area contributed by atoms with E-state index in [0.717, 1.165) is 25.2 Å². The molecule has 7 heteroatoms. The van der Waals surface area contributed by atoms with Crippen molar-refractivity contribution in [2.24, 2.45) is 13.0 Å². The largest absolute Gasteiger partial charge is 0.369 e. The summed E-state index contributed by atoms with van der Waals surface area (Å²) in [6.45, 7) is 2.99. The average Bonchev–Trinajstić information content (AvgIpc) is 3.04. The third kappa shape index (κ3) is 4.03. The van der Waals surface area contributed by atoms with Gasteiger partial charge in [0.25, 0.3) is 5.91 Å². The van der Waals surface area contributed by atoms with Gasteiger partial charge >= 0.3 is 0 Å². The van der Waals surface area contributed by atoms with Crippen molar-refractivity contribution in [3.8, 4) is 0 Å². The molecule has 3 heterocycles. The highest BCUT2D eigenvalue weighted by Crippen LogP contribution is 2.21. The van der Waals surface area contributed by atoms with Crippen molar-refractivity contribution in [2.75, 3.05) is 31.1 Å². The molecule has 1 atom stereocenters. The lowest BCUT2D eigenvalue weighted by Crippen LogP contribution is -2.37. The molecule has 1 saturated heterocycles. The van der Waals surface area contributed by atoms with Crippen LogP contribution in [0.1, 0.15) is 16.3 Å². The molecule has 2 aromatic heterocycles. The second-order valence-corrected chi connectivity index (χ2v) is 7.16. The number of para-hydroxylation sites is 1. The zero-order chi connectivity index (χ0) is 19.3. The van der Waals surface area contributed by atoms with Crippen LogP contribution < -0.4 is 4.90 Å². The highest BCUT2D eigenvalue weighted by molar-refractivity contribution is 5.90. The summed E-state index contributed by atoms with van der Waals surface area (Å²) in [5.41, 5.74) is 2.13. The topological polar surface area (TPSA) is 67.2 Å². The molecule has 0 N–H and O–H groups in total. The average molecular weight is 376 g/mol. The fourth-order valence-corrected chi connectivity index (χ4v) is 3.74. The molecule has 1 aliphatic heterocycles. The van der Waals surface area contributed by atoms with Gasteiger partial charge in [0, 0.05) is 69.9 Å². The van der Waals surface area contributed by atoms with E-state index in [1.807, 2.05) is 24.2 Å². The lowest BCUT2D eigenvalue weighted by molar-refractivity contribution is 0.0731. The van der Waals surface area contributed by atoms with Crippen LogP contribution in [0.15, 0.2) is 61.3 Å². The van der Waals surface area contributed by atoms with Crippen molar-refractivity contribution in [2.45, 2.75) is 6.42 Å². The number of imidazole rings is 1. The molecule has 0 radical (unpaired) electrons. The summed E-state index contributed by atoms with van der Waals surface area (Å²) in [6.07, 6.45) is 9.46. The van der Waals surface area contributed by atoms with Crippen LogP contribution in [-0.4, -0.2) is 56.5 Å². The number of benzene rings is 1. The number of hydrogen-bond acceptors (Lipinski definition) is 5. The van der Waals surface area contributed by atoms with Crippen LogP contribution >= 0.6 is 0 Å². The van der Waals surface area contributed by atoms with E-state index < -0.39 is 0 Å². The molecule has 0 aliphatic carbocycles. The van der Waals surface area contributed by atoms with Crippen molar-refractivity contribution in [3.05, 3.63) is 72.8 Å². The van der Waals surface area contributed by atoms with Gasteiger partial charge in [0.2, 0.25) is 0 Å². The normalized spacial score (nSPS) is 17.4. The molecular formula is C21H24N6O. The smallest absolute Gasteiger partial charge is 0.289 e. The second kappa shape index (κ2) is 8.21. The number of hydrogen-bond donors (Lipinski definition) is 0. The fraction of sp³-hybridized carbons (Fsp3) is 0.333. The van der Waals surface area contributed by atoms with Gasteiger partial charge in [-0.3, -0.25) is 14.8 Å². The van der Waals surface area contributed by atoms with Crippen molar-refractivity contribution in [1.29, 1.82) is 0 Å². The van der Waals surface area contributed by atoms with Crippen LogP contribution in [0.2, 0.25) is 0 Å². The Morgan fingerprint density at radius 3 is 2.64 bits per heavy atom. The molecular weight excluding hydrogens is 352 g/mol. The Labute approximate surface area is 164 Å². The maximum absolute atomic E-state index is 13.1. The molecule has 1 aliphatic rings. The third-order valence-corrected chi connectivity index (χ3v) is 5.13. The highest BCUT2D eigenvalue weighted by Gasteiger charge is 2.28. The first-order chi connectivity index (χ1) is 13.7. The predicted molar refractivity (Wildman–Crippen MR) is 107 cm³/mol. The van der Waals surface area contributed by atoms with Crippen LogP contribution in [0.25, 0.3) is 0 Å². The summed E-state index contributed by atoms with van der Waals surface area (Å²) in [5.74, 6) is 0.710. The maximum atomic E-state index is 13.1. The third-order valence-electron chi connectivity index (χ3n) is 5.13. The SMILES string of the molecule is Cn1ccnc1C(=O)N1CCN(c2ccccc2)CC(Cc2cnccn2)C1. The van der Waals surface area contributed by atoms with E-state index in [4.69, 9.17) is 0 Å². The number of carbonyl (C=O) groups is 1. The van der Waals surface area contributed by atoms with Crippen LogP contribution in [-0.2, 0) is 13.5 Å². The number of carbonyl (C=O) groups excluding carboxylic acids is 1. The number of anilines is 1. The van der Waals surface area contributed by atoms with Crippen molar-refractivity contribution in [3.63, 3.8) is 0 Å². The molecule has 1 amide bonds. The lowest BCUT2D eigenvalue weighted by atomic mass is 10.0. The summed E-state index contributed by atoms with van der Waals surface area (Å²) in [5, 5.41) is 0. The highest BCUT2D eigenvalue weighted by atomic mass is 16.2. The summed E-state index contributed by atoms with van der Waals surface area (Å²) in [6, 6.07) is 10.4. The van der Waals surface area contributed by atoms with Gasteiger partial charge in [-0.2, -0.15) is 0 Å². The molecule has 1 unspecified atom stereocenters. The Morgan fingerprint density at radius 1 is 1.07 bits per heavy atom. The molecule has 28 heavy (non-hydrogen) atoms. The van der Waals surface area contributed by atoms with Gasteiger partial charge in [0.05, 0.1) is 5.69 Å². The van der Waals surface area contributed by atoms with Gasteiger partial charge in [-0.25, -0.2) is 4.98 Å². The van der Waals surface area contributed by atoms with E-state index in [1.165, 1.54) is 5.69 Å². The van der Waals surface area contributed by atoms with E-state index in [0.29, 0.717) is 18.9 Å². The molecule has 1 aromatic carbocycles. The quantitative estimate of drug-likeness (QED) is 0.697. The first-order valence-corrected chi connectivity index (χ1v) is 9.52. The summed E-state index contributed by atoms with van der Waals surface area (Å²) in [4.78, 5) is 30.2. The molecule has 0 saturated carbocycles. The number of nitrogens with zero attached hydrogens (tertiary/aromatic N) is 6. The van der Waals surface area contributed by atoms with Crippen molar-refractivity contribution in [1.82, 2.24) is 24.4 Å². The minimum absolute atomic E-state index is 0.0217. The Morgan fingerprint density at radius 2 is 1.93 bits per heavy atom. The lowest BCUT2D eigenvalue weighted by Gasteiger charge is -2.25. The number of aryl methyl sites for hydroxylation is 1. The maximum Gasteiger partial charge on any atom is 0.289 e. The molecule has 0 spiro atoms. The second-order valence-electron chi connectivity index (χ2n) is 7.16. The van der Waals surface area contributed by atoms with Gasteiger partial charge in [0.1, 0.15) is 0 Å². The van der Waals surface area contributed by atoms with E-state index in [9.17, 15) is 4.79 Å². The summed E-state index contributed by atoms with van der Waals surface area (Å²) < 4.78 is 1.78. The standard InChI is InChI=1S/C21H24N6O/c1-25-10-9-24-20(25)21(28)27-12-11-26(19-5-3-2-4-6-19)15-17(16-27)13-18-14-22-7-8-23-18/h2-10,14,17H,11-13,15-16H2,1H3. The molecule has 0 bridgehead atoms. The predicted octanol–water partition coefficient (Wildman–Crippen LogP) is 2.03. The zero-order valence-electron chi connectivity index (χ0n) is 16.0. The monoisotopic (exact) mass is 376 g/mol. The molecule has 144 valence electrons. The van der Waals surface area contributed by atoms with Crippen LogP contribution in [0.4, 0.5) is 5.69 Å². The first-order valence-electron chi connectivity index (χ1n) is 9.52. The summed E-state index contributed by atoms with van der Waals surface area (Å²) in [7, 11) is 1.85. The van der Waals surface area contributed by atoms with Gasteiger partial charge in [-0.1, -0.05) is 18.2 Å². The number of aromatic nitrogens is 4. The van der Waals surface area contributed by atoms with Crippen molar-refractivity contribution < 1.29 is 4.79 Å². The Hall–Kier alpha value is -3.22. The van der Waals surface area contributed by atoms with Crippen LogP contribution in [0.3, 0.4) is 0 Å². The Bertz CT molecular complexity index is 911. The van der Waals surface area contributed by atoms with Crippen LogP contribution in [0, 0.1) is 5.92 Å². The van der Waals surface area contributed by atoms with E-state index in [2.05, 4.69) is 44.1 Å². The van der Waals surface area contributed by atoms with E-state index >= 15 is 0 Å². The van der Waals surface area contributed by atoms with Gasteiger partial charge in [-0.15, -0.1) is 0 Å². The van der Waals surface area contributed by atoms with Gasteiger partial charge < -0.3 is 14.4 Å². The molecule has 1 fully saturated rings. The molecule has 7 nitrogen and oxygen atoms in total. The number of rotatable bonds is 4. The molecule has 4 rings (SSSR count). The minimum Gasteiger partial charge on any atom is -0.369 e. The van der Waals surface area contributed by atoms with E-state index in [-0.39, 0.29) is 11.8 Å². The Balaban J connectivity index is 1.58. The van der Waals surface area contributed by atoms with E-state index in [1.54, 1.807) is 29.4 Å². The molecule has 3 aromatic rings. The number of amides is 1. The first kappa shape index (κ1) is 18.2. The summed E-state index contributed by atoms with van der Waals surface area (Å²) >= 11 is 0. The minimum atomic E-state index is -0.0217. The van der Waals surface area contributed by atoms with Gasteiger partial charge in [-0.05, 0) is 24.5 Å². The fourth-order valence-electron chi connectivity index (χ4n) is 3.74. The Kier molecular flexibility index (Phi) is 5.32. The van der Waals surface area contributed by atoms with Crippen LogP contribution in [0.5, 0.6) is 0 Å². The van der Waals surface area contributed by atoms with Gasteiger partial charge in [0.15, 0.2) is 5.82 Å². The zero-order valence-corrected chi connectivity index (χ0v) is 16.0.